The summed E-state index contributed by atoms with van der Waals surface area (Å²) >= 11 is 0. The summed E-state index contributed by atoms with van der Waals surface area (Å²) < 4.78 is 10.6. The van der Waals surface area contributed by atoms with Crippen molar-refractivity contribution in [1.82, 2.24) is 0 Å². The fraction of sp³-hybridized carbons (Fsp3) is 0.842. The number of hydrogen-bond donors (Lipinski definition) is 1. The lowest BCUT2D eigenvalue weighted by Crippen LogP contribution is -2.28. The number of hydrogen-bond acceptors (Lipinski definition) is 5. The Kier molecular flexibility index (Phi) is 33.6. The minimum atomic E-state index is -0.774. The van der Waals surface area contributed by atoms with Crippen LogP contribution >= 0.6 is 0 Å². The Bertz CT molecular complexity index is 657. The average Bonchev–Trinajstić information content (AvgIpc) is 3.01. The molecule has 252 valence electrons. The van der Waals surface area contributed by atoms with Crippen molar-refractivity contribution in [3.8, 4) is 0 Å². The van der Waals surface area contributed by atoms with Crippen LogP contribution in [0.5, 0.6) is 0 Å². The second kappa shape index (κ2) is 34.9. The molecule has 5 heteroatoms. The van der Waals surface area contributed by atoms with Crippen LogP contribution in [0.15, 0.2) is 24.3 Å². The van der Waals surface area contributed by atoms with E-state index >= 15 is 0 Å². The Balaban J connectivity index is 3.58. The predicted molar refractivity (Wildman–Crippen MR) is 182 cm³/mol. The van der Waals surface area contributed by atoms with E-state index in [0.717, 1.165) is 51.4 Å². The fourth-order valence-corrected chi connectivity index (χ4v) is 5.13. The third-order valence-electron chi connectivity index (χ3n) is 7.97. The molecule has 43 heavy (non-hydrogen) atoms. The number of allylic oxidation sites excluding steroid dienone is 4. The van der Waals surface area contributed by atoms with Gasteiger partial charge in [0.05, 0.1) is 6.61 Å². The number of aliphatic hydroxyl groups excluding tert-OH is 1. The summed E-state index contributed by atoms with van der Waals surface area (Å²) in [6.07, 6.45) is 39.4. The van der Waals surface area contributed by atoms with E-state index in [4.69, 9.17) is 9.47 Å². The SMILES string of the molecule is CCCCCCC/C=C\CCCCCCCC(=O)OC[C@H](CO)OC(=O)CCCCCCC/C=C\CCCCCCC[13CH3]. The summed E-state index contributed by atoms with van der Waals surface area (Å²) in [5.41, 5.74) is 0. The third kappa shape index (κ3) is 33.1. The van der Waals surface area contributed by atoms with E-state index in [-0.39, 0.29) is 25.2 Å². The molecule has 0 saturated heterocycles. The molecular weight excluding hydrogens is 537 g/mol. The maximum atomic E-state index is 12.1. The quantitative estimate of drug-likeness (QED) is 0.0348. The molecule has 5 nitrogen and oxygen atoms in total. The Morgan fingerprint density at radius 2 is 0.860 bits per heavy atom. The van der Waals surface area contributed by atoms with Gasteiger partial charge in [-0.15, -0.1) is 0 Å². The van der Waals surface area contributed by atoms with Crippen molar-refractivity contribution in [3.63, 3.8) is 0 Å². The Morgan fingerprint density at radius 1 is 0.512 bits per heavy atom. The fourth-order valence-electron chi connectivity index (χ4n) is 5.13. The predicted octanol–water partition coefficient (Wildman–Crippen LogP) is 11.1. The van der Waals surface area contributed by atoms with Crippen LogP contribution in [0.25, 0.3) is 0 Å². The van der Waals surface area contributed by atoms with E-state index in [2.05, 4.69) is 38.2 Å². The number of ether oxygens (including phenoxy) is 2. The van der Waals surface area contributed by atoms with Gasteiger partial charge in [-0.2, -0.15) is 0 Å². The first-order chi connectivity index (χ1) is 21.1. The van der Waals surface area contributed by atoms with Gasteiger partial charge in [0.25, 0.3) is 0 Å². The molecule has 0 radical (unpaired) electrons. The first-order valence-electron chi connectivity index (χ1n) is 18.4. The zero-order chi connectivity index (χ0) is 31.5. The van der Waals surface area contributed by atoms with Gasteiger partial charge in [-0.1, -0.05) is 134 Å². The summed E-state index contributed by atoms with van der Waals surface area (Å²) in [7, 11) is 0. The number of esters is 2. The van der Waals surface area contributed by atoms with Crippen LogP contribution in [0.1, 0.15) is 187 Å². The highest BCUT2D eigenvalue weighted by Gasteiger charge is 2.16. The molecule has 0 aromatic heterocycles. The normalized spacial score (nSPS) is 12.3. The molecule has 0 aliphatic rings. The average molecular weight is 608 g/mol. The van der Waals surface area contributed by atoms with Gasteiger partial charge in [-0.3, -0.25) is 9.59 Å². The van der Waals surface area contributed by atoms with Crippen LogP contribution in [0.2, 0.25) is 0 Å². The van der Waals surface area contributed by atoms with Crippen molar-refractivity contribution in [1.29, 1.82) is 0 Å². The van der Waals surface area contributed by atoms with E-state index in [0.29, 0.717) is 12.8 Å². The topological polar surface area (TPSA) is 72.8 Å². The summed E-state index contributed by atoms with van der Waals surface area (Å²) in [5, 5.41) is 9.52. The van der Waals surface area contributed by atoms with Crippen molar-refractivity contribution in [2.45, 2.75) is 193 Å². The molecule has 1 atom stereocenters. The van der Waals surface area contributed by atoms with Crippen molar-refractivity contribution in [3.05, 3.63) is 24.3 Å². The molecule has 0 heterocycles. The highest BCUT2D eigenvalue weighted by molar-refractivity contribution is 5.70. The van der Waals surface area contributed by atoms with Crippen LogP contribution in [0.3, 0.4) is 0 Å². The molecule has 0 amide bonds. The molecule has 0 rings (SSSR count). The van der Waals surface area contributed by atoms with Gasteiger partial charge in [-0.25, -0.2) is 0 Å². The smallest absolute Gasteiger partial charge is 0.306 e. The van der Waals surface area contributed by atoms with Gasteiger partial charge in [0.2, 0.25) is 0 Å². The summed E-state index contributed by atoms with van der Waals surface area (Å²) in [6, 6.07) is 0. The monoisotopic (exact) mass is 608 g/mol. The van der Waals surface area contributed by atoms with Gasteiger partial charge in [0, 0.05) is 12.8 Å². The van der Waals surface area contributed by atoms with E-state index < -0.39 is 6.10 Å². The van der Waals surface area contributed by atoms with E-state index in [1.165, 1.54) is 109 Å². The lowest BCUT2D eigenvalue weighted by Gasteiger charge is -2.15. The summed E-state index contributed by atoms with van der Waals surface area (Å²) in [5.74, 6) is -0.608. The molecule has 0 spiro atoms. The Labute approximate surface area is 266 Å². The lowest BCUT2D eigenvalue weighted by molar-refractivity contribution is -0.161. The van der Waals surface area contributed by atoms with Gasteiger partial charge >= 0.3 is 11.9 Å². The molecule has 0 aromatic carbocycles. The maximum Gasteiger partial charge on any atom is 0.306 e. The van der Waals surface area contributed by atoms with Gasteiger partial charge < -0.3 is 14.6 Å². The summed E-state index contributed by atoms with van der Waals surface area (Å²) in [4.78, 5) is 24.2. The highest BCUT2D eigenvalue weighted by atomic mass is 16.6. The molecule has 0 aromatic rings. The van der Waals surface area contributed by atoms with Crippen LogP contribution in [0.4, 0.5) is 0 Å². The van der Waals surface area contributed by atoms with Crippen LogP contribution in [-0.2, 0) is 19.1 Å². The number of carbonyl (C=O) groups excluding carboxylic acids is 2. The third-order valence-corrected chi connectivity index (χ3v) is 7.97. The number of unbranched alkanes of at least 4 members (excludes halogenated alkanes) is 21. The zero-order valence-electron chi connectivity index (χ0n) is 28.5. The van der Waals surface area contributed by atoms with Crippen molar-refractivity contribution in [2.75, 3.05) is 13.2 Å². The second-order valence-electron chi connectivity index (χ2n) is 12.3. The molecule has 0 fully saturated rings. The molecule has 0 saturated carbocycles. The van der Waals surface area contributed by atoms with Crippen LogP contribution < -0.4 is 0 Å². The molecule has 0 unspecified atom stereocenters. The van der Waals surface area contributed by atoms with Gasteiger partial charge in [0.1, 0.15) is 6.61 Å². The summed E-state index contributed by atoms with van der Waals surface area (Å²) in [6.45, 7) is 4.10. The standard InChI is InChI=1S/C38H70O5/c1-3-5-7-9-11-13-15-17-19-21-23-25-27-29-31-33-38(41)43-36(34-39)35-42-37(40)32-30-28-26-24-22-20-18-16-14-12-10-8-6-4-2/h16-19,36,39H,3-15,20-35H2,1-2H3/b18-16-,19-17-/t36-/m0/s1/i1+1. The number of carbonyl (C=O) groups is 2. The molecular formula is C38H70O5. The van der Waals surface area contributed by atoms with Gasteiger partial charge in [-0.05, 0) is 64.2 Å². The number of rotatable bonds is 33. The van der Waals surface area contributed by atoms with Crippen molar-refractivity contribution < 1.29 is 24.2 Å². The molecule has 0 bridgehead atoms. The zero-order valence-corrected chi connectivity index (χ0v) is 28.5. The van der Waals surface area contributed by atoms with E-state index in [1.54, 1.807) is 0 Å². The second-order valence-corrected chi connectivity index (χ2v) is 12.3. The van der Waals surface area contributed by atoms with Crippen molar-refractivity contribution in [2.24, 2.45) is 0 Å². The van der Waals surface area contributed by atoms with Crippen molar-refractivity contribution >= 4 is 11.9 Å². The van der Waals surface area contributed by atoms with Gasteiger partial charge in [0.15, 0.2) is 6.10 Å². The first-order valence-corrected chi connectivity index (χ1v) is 18.4. The minimum absolute atomic E-state index is 0.0710. The molecule has 0 aliphatic carbocycles. The Morgan fingerprint density at radius 3 is 1.26 bits per heavy atom. The molecule has 1 N–H and O–H groups in total. The Hall–Kier alpha value is -1.62. The van der Waals surface area contributed by atoms with Crippen LogP contribution in [-0.4, -0.2) is 36.4 Å². The van der Waals surface area contributed by atoms with E-state index in [9.17, 15) is 14.7 Å². The highest BCUT2D eigenvalue weighted by Crippen LogP contribution is 2.12. The lowest BCUT2D eigenvalue weighted by atomic mass is 10.1. The maximum absolute atomic E-state index is 12.1. The van der Waals surface area contributed by atoms with Crippen LogP contribution in [0, 0.1) is 0 Å². The molecule has 0 aliphatic heterocycles. The first kappa shape index (κ1) is 41.4. The minimum Gasteiger partial charge on any atom is -0.462 e. The largest absolute Gasteiger partial charge is 0.462 e. The van der Waals surface area contributed by atoms with E-state index in [1.807, 2.05) is 0 Å². The number of aliphatic hydroxyl groups is 1.